The van der Waals surface area contributed by atoms with Crippen molar-refractivity contribution in [3.05, 3.63) is 36.2 Å². The minimum absolute atomic E-state index is 0.0370. The first-order chi connectivity index (χ1) is 10.0. The number of nitrogens with one attached hydrogen (secondary N) is 1. The van der Waals surface area contributed by atoms with Crippen LogP contribution in [0.4, 0.5) is 5.95 Å². The highest BCUT2D eigenvalue weighted by atomic mass is 16.3. The fraction of sp³-hybridized carbons (Fsp3) is 0.214. The van der Waals surface area contributed by atoms with Crippen molar-refractivity contribution in [2.24, 2.45) is 12.8 Å². The van der Waals surface area contributed by atoms with Crippen molar-refractivity contribution in [3.63, 3.8) is 0 Å². The van der Waals surface area contributed by atoms with Gasteiger partial charge in [-0.2, -0.15) is 4.98 Å². The first-order valence-corrected chi connectivity index (χ1v) is 6.48. The number of hydrogen-bond donors (Lipinski definition) is 5. The van der Waals surface area contributed by atoms with Crippen molar-refractivity contribution in [1.29, 1.82) is 0 Å². The number of nitrogen functional groups attached to an aromatic ring is 1. The molecule has 7 nitrogen and oxygen atoms in total. The van der Waals surface area contributed by atoms with E-state index in [4.69, 9.17) is 16.6 Å². The van der Waals surface area contributed by atoms with Gasteiger partial charge < -0.3 is 31.2 Å². The number of fused-ring (bicyclic) bond motifs is 1. The Labute approximate surface area is 121 Å². The molecule has 1 aromatic carbocycles. The van der Waals surface area contributed by atoms with E-state index in [1.165, 1.54) is 10.8 Å². The van der Waals surface area contributed by atoms with E-state index in [9.17, 15) is 5.11 Å². The first-order valence-electron chi connectivity index (χ1n) is 6.48. The van der Waals surface area contributed by atoms with E-state index in [1.54, 1.807) is 19.2 Å². The second-order valence-corrected chi connectivity index (χ2v) is 4.65. The molecule has 0 aliphatic rings. The topological polar surface area (TPSA) is 126 Å². The largest absolute Gasteiger partial charge is 0.508 e. The molecule has 0 spiro atoms. The second kappa shape index (κ2) is 6.19. The highest BCUT2D eigenvalue weighted by Crippen LogP contribution is 2.22. The highest BCUT2D eigenvalue weighted by molar-refractivity contribution is 5.84. The number of aromatic nitrogens is 3. The molecule has 3 aromatic rings. The molecule has 0 saturated carbocycles. The van der Waals surface area contributed by atoms with Crippen LogP contribution in [0.25, 0.3) is 10.9 Å². The Morgan fingerprint density at radius 2 is 2.10 bits per heavy atom. The summed E-state index contributed by atoms with van der Waals surface area (Å²) in [5.41, 5.74) is 12.9. The number of phenolic OH excluding ortho intramolecular Hbond substituents is 1. The summed E-state index contributed by atoms with van der Waals surface area (Å²) in [5.74, 6) is 0.581. The first kappa shape index (κ1) is 14.7. The van der Waals surface area contributed by atoms with Crippen molar-refractivity contribution in [1.82, 2.24) is 14.5 Å². The van der Waals surface area contributed by atoms with Gasteiger partial charge >= 0.3 is 0 Å². The van der Waals surface area contributed by atoms with Gasteiger partial charge in [0, 0.05) is 24.1 Å². The van der Waals surface area contributed by atoms with E-state index in [-0.39, 0.29) is 5.88 Å². The minimum atomic E-state index is -0.0370. The molecule has 0 radical (unpaired) electrons. The third kappa shape index (κ3) is 3.46. The fourth-order valence-electron chi connectivity index (χ4n) is 1.99. The van der Waals surface area contributed by atoms with Crippen molar-refractivity contribution in [2.45, 2.75) is 6.42 Å². The second-order valence-electron chi connectivity index (χ2n) is 4.65. The summed E-state index contributed by atoms with van der Waals surface area (Å²) >= 11 is 0. The molecular weight excluding hydrogens is 270 g/mol. The summed E-state index contributed by atoms with van der Waals surface area (Å²) < 4.78 is 1.54. The predicted octanol–water partition coefficient (Wildman–Crippen LogP) is 1.08. The van der Waals surface area contributed by atoms with Crippen LogP contribution in [0.15, 0.2) is 30.6 Å². The number of anilines is 1. The summed E-state index contributed by atoms with van der Waals surface area (Å²) in [6.45, 7) is 0.628. The molecule has 7 heteroatoms. The molecule has 2 aromatic heterocycles. The number of aromatic amines is 1. The Hall–Kier alpha value is -2.67. The maximum atomic E-state index is 9.30. The number of imidazole rings is 1. The zero-order valence-corrected chi connectivity index (χ0v) is 11.7. The number of aryl methyl sites for hydroxylation is 1. The van der Waals surface area contributed by atoms with Crippen LogP contribution in [-0.4, -0.2) is 31.3 Å². The lowest BCUT2D eigenvalue weighted by molar-refractivity contribution is 0.456. The van der Waals surface area contributed by atoms with Gasteiger partial charge in [0.15, 0.2) is 0 Å². The van der Waals surface area contributed by atoms with E-state index in [0.29, 0.717) is 18.2 Å². The van der Waals surface area contributed by atoms with Gasteiger partial charge in [-0.1, -0.05) is 0 Å². The molecule has 0 amide bonds. The van der Waals surface area contributed by atoms with Crippen LogP contribution < -0.4 is 11.5 Å². The van der Waals surface area contributed by atoms with E-state index < -0.39 is 0 Å². The molecule has 2 heterocycles. The van der Waals surface area contributed by atoms with Gasteiger partial charge in [-0.05, 0) is 36.7 Å². The summed E-state index contributed by atoms with van der Waals surface area (Å²) in [7, 11) is 1.71. The van der Waals surface area contributed by atoms with Crippen LogP contribution in [0.1, 0.15) is 5.56 Å². The monoisotopic (exact) mass is 289 g/mol. The van der Waals surface area contributed by atoms with Crippen LogP contribution in [-0.2, 0) is 13.5 Å². The lowest BCUT2D eigenvalue weighted by atomic mass is 10.1. The third-order valence-electron chi connectivity index (χ3n) is 3.06. The van der Waals surface area contributed by atoms with Crippen LogP contribution >= 0.6 is 0 Å². The van der Waals surface area contributed by atoms with Gasteiger partial charge in [0.25, 0.3) is 0 Å². The number of phenols is 1. The van der Waals surface area contributed by atoms with Gasteiger partial charge in [0.1, 0.15) is 5.75 Å². The number of benzene rings is 1. The Morgan fingerprint density at radius 3 is 2.62 bits per heavy atom. The summed E-state index contributed by atoms with van der Waals surface area (Å²) in [4.78, 5) is 6.64. The van der Waals surface area contributed by atoms with Crippen LogP contribution in [0.2, 0.25) is 0 Å². The summed E-state index contributed by atoms with van der Waals surface area (Å²) in [6.07, 6.45) is 4.22. The molecule has 0 aliphatic heterocycles. The molecule has 0 aliphatic carbocycles. The smallest absolute Gasteiger partial charge is 0.230 e. The molecule has 0 bridgehead atoms. The molecule has 112 valence electrons. The minimum Gasteiger partial charge on any atom is -0.508 e. The molecule has 0 atom stereocenters. The van der Waals surface area contributed by atoms with Crippen molar-refractivity contribution >= 4 is 16.9 Å². The quantitative estimate of drug-likeness (QED) is 0.482. The summed E-state index contributed by atoms with van der Waals surface area (Å²) in [5, 5.41) is 19.0. The normalized spacial score (nSPS) is 10.4. The molecule has 21 heavy (non-hydrogen) atoms. The SMILES string of the molecule is Cn1cc(O)nc1N.NCCc1c[nH]c2ccc(O)cc12. The van der Waals surface area contributed by atoms with Gasteiger partial charge in [0.2, 0.25) is 11.8 Å². The van der Waals surface area contributed by atoms with Crippen LogP contribution in [0.3, 0.4) is 0 Å². The average molecular weight is 289 g/mol. The van der Waals surface area contributed by atoms with Crippen molar-refractivity contribution in [3.8, 4) is 11.6 Å². The molecule has 7 N–H and O–H groups in total. The number of hydrogen-bond acceptors (Lipinski definition) is 5. The number of aromatic hydroxyl groups is 2. The van der Waals surface area contributed by atoms with Crippen molar-refractivity contribution < 1.29 is 10.2 Å². The number of nitrogens with zero attached hydrogens (tertiary/aromatic N) is 2. The Balaban J connectivity index is 0.000000173. The van der Waals surface area contributed by atoms with Crippen molar-refractivity contribution in [2.75, 3.05) is 12.3 Å². The summed E-state index contributed by atoms with van der Waals surface area (Å²) in [6, 6.07) is 5.30. The Morgan fingerprint density at radius 1 is 1.33 bits per heavy atom. The number of H-pyrrole nitrogens is 1. The molecule has 0 fully saturated rings. The van der Waals surface area contributed by atoms with E-state index >= 15 is 0 Å². The zero-order valence-electron chi connectivity index (χ0n) is 11.7. The predicted molar refractivity (Wildman–Crippen MR) is 82.0 cm³/mol. The number of rotatable bonds is 2. The van der Waals surface area contributed by atoms with E-state index in [0.717, 1.165) is 22.9 Å². The highest BCUT2D eigenvalue weighted by Gasteiger charge is 2.02. The zero-order chi connectivity index (χ0) is 15.4. The molecule has 3 rings (SSSR count). The number of nitrogens with two attached hydrogens (primary N) is 2. The van der Waals surface area contributed by atoms with Gasteiger partial charge in [0.05, 0.1) is 6.20 Å². The Kier molecular flexibility index (Phi) is 4.34. The third-order valence-corrected chi connectivity index (χ3v) is 3.06. The lowest BCUT2D eigenvalue weighted by Crippen LogP contribution is -2.01. The molecule has 0 unspecified atom stereocenters. The van der Waals surface area contributed by atoms with Crippen LogP contribution in [0, 0.1) is 0 Å². The Bertz CT molecular complexity index is 713. The van der Waals surface area contributed by atoms with Gasteiger partial charge in [-0.3, -0.25) is 0 Å². The maximum Gasteiger partial charge on any atom is 0.230 e. The molecule has 0 saturated heterocycles. The fourth-order valence-corrected chi connectivity index (χ4v) is 1.99. The van der Waals surface area contributed by atoms with Gasteiger partial charge in [-0.15, -0.1) is 0 Å². The van der Waals surface area contributed by atoms with E-state index in [1.807, 2.05) is 12.3 Å². The maximum absolute atomic E-state index is 9.30. The lowest BCUT2D eigenvalue weighted by Gasteiger charge is -1.96. The van der Waals surface area contributed by atoms with E-state index in [2.05, 4.69) is 9.97 Å². The average Bonchev–Trinajstić information content (AvgIpc) is 2.95. The van der Waals surface area contributed by atoms with Gasteiger partial charge in [-0.25, -0.2) is 0 Å². The van der Waals surface area contributed by atoms with Crippen LogP contribution in [0.5, 0.6) is 11.6 Å². The molecular formula is C14H19N5O2. The standard InChI is InChI=1S/C10H12N2O.C4H7N3O/c11-4-3-7-6-12-10-2-1-8(13)5-9(7)10;1-7-2-3(8)6-4(7)5/h1-2,5-6,12-13H,3-4,11H2;2,8H,1H3,(H2,5,6).